The fourth-order valence-corrected chi connectivity index (χ4v) is 4.33. The molecule has 0 bridgehead atoms. The number of halogens is 1. The lowest BCUT2D eigenvalue weighted by Gasteiger charge is -2.22. The van der Waals surface area contributed by atoms with E-state index in [0.717, 1.165) is 25.7 Å². The number of para-hydroxylation sites is 2. The molecule has 0 N–H and O–H groups in total. The zero-order chi connectivity index (χ0) is 22.7. The maximum Gasteiger partial charge on any atom is 0.421 e. The minimum absolute atomic E-state index is 0.160. The van der Waals surface area contributed by atoms with E-state index < -0.39 is 12.0 Å². The van der Waals surface area contributed by atoms with E-state index in [-0.39, 0.29) is 17.2 Å². The molecule has 0 atom stereocenters. The van der Waals surface area contributed by atoms with E-state index in [1.807, 2.05) is 30.3 Å². The molecule has 1 heterocycles. The van der Waals surface area contributed by atoms with E-state index in [0.29, 0.717) is 11.4 Å². The summed E-state index contributed by atoms with van der Waals surface area (Å²) in [6, 6.07) is 19.6. The first-order chi connectivity index (χ1) is 15.5. The number of hydrogen-bond acceptors (Lipinski definition) is 6. The molecule has 1 aromatic heterocycles. The van der Waals surface area contributed by atoms with Crippen LogP contribution in [0.15, 0.2) is 66.7 Å². The summed E-state index contributed by atoms with van der Waals surface area (Å²) in [5.74, 6) is -0.0970. The Kier molecular flexibility index (Phi) is 6.39. The van der Waals surface area contributed by atoms with Crippen LogP contribution in [0, 0.1) is 6.92 Å². The summed E-state index contributed by atoms with van der Waals surface area (Å²) in [4.78, 5) is 31.1. The van der Waals surface area contributed by atoms with Gasteiger partial charge in [0, 0.05) is 0 Å². The minimum atomic E-state index is -0.795. The fourth-order valence-electron chi connectivity index (χ4n) is 3.20. The highest BCUT2D eigenvalue weighted by atomic mass is 35.5. The zero-order valence-corrected chi connectivity index (χ0v) is 18.9. The lowest BCUT2D eigenvalue weighted by Crippen LogP contribution is -2.37. The van der Waals surface area contributed by atoms with Gasteiger partial charge in [0.1, 0.15) is 17.4 Å². The second-order valence-electron chi connectivity index (χ2n) is 6.90. The highest BCUT2D eigenvalue weighted by Crippen LogP contribution is 2.29. The first-order valence-electron chi connectivity index (χ1n) is 9.72. The predicted molar refractivity (Wildman–Crippen MR) is 126 cm³/mol. The van der Waals surface area contributed by atoms with Crippen LogP contribution in [-0.4, -0.2) is 24.1 Å². The molecule has 0 saturated heterocycles. The van der Waals surface area contributed by atoms with Gasteiger partial charge in [0.25, 0.3) is 5.91 Å². The molecule has 0 radical (unpaired) electrons. The minimum Gasteiger partial charge on any atom is -0.486 e. The van der Waals surface area contributed by atoms with Gasteiger partial charge in [-0.15, -0.1) is 11.3 Å². The molecule has 162 valence electrons. The molecule has 0 fully saturated rings. The van der Waals surface area contributed by atoms with Crippen LogP contribution >= 0.6 is 22.9 Å². The second kappa shape index (κ2) is 9.38. The number of methoxy groups -OCH3 is 1. The molecule has 4 aromatic rings. The Morgan fingerprint density at radius 3 is 2.53 bits per heavy atom. The number of rotatable bonds is 5. The summed E-state index contributed by atoms with van der Waals surface area (Å²) in [5.41, 5.74) is 2.26. The van der Waals surface area contributed by atoms with Crippen LogP contribution in [0.1, 0.15) is 20.9 Å². The number of thiazole rings is 1. The van der Waals surface area contributed by atoms with Crippen molar-refractivity contribution in [3.8, 4) is 5.75 Å². The van der Waals surface area contributed by atoms with Crippen LogP contribution in [0.2, 0.25) is 5.02 Å². The molecule has 0 spiro atoms. The van der Waals surface area contributed by atoms with Crippen molar-refractivity contribution in [2.45, 2.75) is 13.5 Å². The van der Waals surface area contributed by atoms with Crippen LogP contribution in [0.25, 0.3) is 10.2 Å². The predicted octanol–water partition coefficient (Wildman–Crippen LogP) is 6.25. The number of amides is 2. The third-order valence-electron chi connectivity index (χ3n) is 4.79. The van der Waals surface area contributed by atoms with Crippen molar-refractivity contribution in [1.82, 2.24) is 4.98 Å². The second-order valence-corrected chi connectivity index (χ2v) is 8.43. The summed E-state index contributed by atoms with van der Waals surface area (Å²) in [6.07, 6.45) is -0.795. The largest absolute Gasteiger partial charge is 0.486 e. The lowest BCUT2D eigenvalue weighted by molar-refractivity contribution is 0.0975. The number of carbonyl (C=O) groups is 2. The number of imide groups is 1. The van der Waals surface area contributed by atoms with Gasteiger partial charge >= 0.3 is 6.09 Å². The summed E-state index contributed by atoms with van der Waals surface area (Å²) in [6.45, 7) is 2.08. The molecule has 0 saturated carbocycles. The van der Waals surface area contributed by atoms with Gasteiger partial charge in [0.15, 0.2) is 0 Å². The Morgan fingerprint density at radius 1 is 1.06 bits per heavy atom. The van der Waals surface area contributed by atoms with Gasteiger partial charge in [-0.1, -0.05) is 41.9 Å². The first-order valence-corrected chi connectivity index (χ1v) is 10.9. The van der Waals surface area contributed by atoms with E-state index in [2.05, 4.69) is 4.98 Å². The molecule has 2 amide bonds. The third kappa shape index (κ3) is 4.44. The van der Waals surface area contributed by atoms with Gasteiger partial charge < -0.3 is 9.47 Å². The molecular formula is C24H19ClN2O4S. The number of aromatic nitrogens is 1. The molecule has 6 nitrogen and oxygen atoms in total. The lowest BCUT2D eigenvalue weighted by atomic mass is 10.1. The zero-order valence-electron chi connectivity index (χ0n) is 17.4. The third-order valence-corrected chi connectivity index (χ3v) is 6.11. The molecule has 4 rings (SSSR count). The number of ether oxygens (including phenoxy) is 2. The first kappa shape index (κ1) is 21.8. The fraction of sp³-hybridized carbons (Fsp3) is 0.125. The maximum absolute atomic E-state index is 13.2. The van der Waals surface area contributed by atoms with Crippen molar-refractivity contribution >= 4 is 50.8 Å². The van der Waals surface area contributed by atoms with Crippen LogP contribution in [0.3, 0.4) is 0 Å². The van der Waals surface area contributed by atoms with Crippen LogP contribution in [0.5, 0.6) is 5.75 Å². The number of carbonyl (C=O) groups excluding carboxylic acids is 2. The molecular weight excluding hydrogens is 448 g/mol. The van der Waals surface area contributed by atoms with E-state index in [4.69, 9.17) is 21.1 Å². The van der Waals surface area contributed by atoms with E-state index in [1.165, 1.54) is 13.2 Å². The molecule has 0 aliphatic rings. The van der Waals surface area contributed by atoms with Gasteiger partial charge in [-0.05, 0) is 48.9 Å². The van der Waals surface area contributed by atoms with Crippen molar-refractivity contribution in [2.75, 3.05) is 12.0 Å². The van der Waals surface area contributed by atoms with Gasteiger partial charge in [0.2, 0.25) is 0 Å². The number of benzene rings is 3. The molecule has 0 unspecified atom stereocenters. The van der Waals surface area contributed by atoms with Crippen LogP contribution in [-0.2, 0) is 11.3 Å². The maximum atomic E-state index is 13.2. The van der Waals surface area contributed by atoms with Crippen molar-refractivity contribution in [1.29, 1.82) is 0 Å². The Hall–Kier alpha value is -3.42. The number of aryl methyl sites for hydroxylation is 1. The summed E-state index contributed by atoms with van der Waals surface area (Å²) in [7, 11) is 1.22. The van der Waals surface area contributed by atoms with Gasteiger partial charge in [-0.3, -0.25) is 4.79 Å². The monoisotopic (exact) mass is 466 g/mol. The van der Waals surface area contributed by atoms with Gasteiger partial charge in [-0.25, -0.2) is 14.7 Å². The Morgan fingerprint density at radius 2 is 1.81 bits per heavy atom. The number of hydrogen-bond donors (Lipinski definition) is 0. The van der Waals surface area contributed by atoms with Crippen molar-refractivity contribution in [2.24, 2.45) is 0 Å². The van der Waals surface area contributed by atoms with Crippen molar-refractivity contribution in [3.63, 3.8) is 0 Å². The summed E-state index contributed by atoms with van der Waals surface area (Å²) >= 11 is 7.95. The smallest absolute Gasteiger partial charge is 0.421 e. The van der Waals surface area contributed by atoms with Gasteiger partial charge in [0.05, 0.1) is 33.6 Å². The number of nitrogens with zero attached hydrogens (tertiary/aromatic N) is 2. The molecule has 8 heteroatoms. The summed E-state index contributed by atoms with van der Waals surface area (Å²) in [5, 5.41) is 0.998. The SMILES string of the molecule is COC(=O)N(C(=O)c1ccc(OCc2nc3ccccc3s2)cc1Cl)c1ccccc1C. The van der Waals surface area contributed by atoms with Crippen LogP contribution in [0.4, 0.5) is 10.5 Å². The Balaban J connectivity index is 1.55. The number of fused-ring (bicyclic) bond motifs is 1. The summed E-state index contributed by atoms with van der Waals surface area (Å²) < 4.78 is 11.7. The molecule has 0 aliphatic carbocycles. The topological polar surface area (TPSA) is 68.7 Å². The number of anilines is 1. The van der Waals surface area contributed by atoms with Crippen molar-refractivity contribution in [3.05, 3.63) is 87.9 Å². The van der Waals surface area contributed by atoms with Crippen LogP contribution < -0.4 is 9.64 Å². The van der Waals surface area contributed by atoms with E-state index in [9.17, 15) is 9.59 Å². The normalized spacial score (nSPS) is 10.7. The van der Waals surface area contributed by atoms with Crippen molar-refractivity contribution < 1.29 is 19.1 Å². The average Bonchev–Trinajstić information content (AvgIpc) is 3.22. The molecule has 32 heavy (non-hydrogen) atoms. The molecule has 0 aliphatic heterocycles. The van der Waals surface area contributed by atoms with E-state index >= 15 is 0 Å². The van der Waals surface area contributed by atoms with Gasteiger partial charge in [-0.2, -0.15) is 0 Å². The Labute approximate surface area is 194 Å². The quantitative estimate of drug-likeness (QED) is 0.347. The Bertz CT molecular complexity index is 1270. The molecule has 3 aromatic carbocycles. The standard InChI is InChI=1S/C24H19ClN2O4S/c1-15-7-3-5-9-20(15)27(24(29)30-2)23(28)17-12-11-16(13-18(17)25)31-14-22-26-19-8-4-6-10-21(19)32-22/h3-13H,14H2,1-2H3. The average molecular weight is 467 g/mol. The highest BCUT2D eigenvalue weighted by Gasteiger charge is 2.28. The van der Waals surface area contributed by atoms with E-state index in [1.54, 1.807) is 48.6 Å². The highest BCUT2D eigenvalue weighted by molar-refractivity contribution is 7.18.